The van der Waals surface area contributed by atoms with Crippen LogP contribution in [0.3, 0.4) is 0 Å². The Morgan fingerprint density at radius 3 is 2.53 bits per heavy atom. The van der Waals surface area contributed by atoms with Gasteiger partial charge in [0, 0.05) is 6.42 Å². The van der Waals surface area contributed by atoms with E-state index >= 15 is 0 Å². The minimum absolute atomic E-state index is 0.162. The van der Waals surface area contributed by atoms with Gasteiger partial charge in [-0.3, -0.25) is 0 Å². The minimum Gasteiger partial charge on any atom is -0.316 e. The van der Waals surface area contributed by atoms with E-state index in [0.717, 1.165) is 19.5 Å². The first-order valence-electron chi connectivity index (χ1n) is 6.50. The molecule has 1 saturated carbocycles. The Morgan fingerprint density at radius 1 is 1.35 bits per heavy atom. The van der Waals surface area contributed by atoms with Crippen LogP contribution in [0.5, 0.6) is 0 Å². The van der Waals surface area contributed by atoms with E-state index in [-0.39, 0.29) is 11.8 Å². The molecule has 0 aromatic heterocycles. The molecular weight excluding hydrogens is 227 g/mol. The van der Waals surface area contributed by atoms with Crippen molar-refractivity contribution in [2.24, 2.45) is 17.3 Å². The third-order valence-corrected chi connectivity index (χ3v) is 3.69. The summed E-state index contributed by atoms with van der Waals surface area (Å²) < 4.78 is 36.1. The highest BCUT2D eigenvalue weighted by atomic mass is 19.4. The number of hydrogen-bond acceptors (Lipinski definition) is 1. The fourth-order valence-corrected chi connectivity index (χ4v) is 2.37. The van der Waals surface area contributed by atoms with Crippen LogP contribution in [0.1, 0.15) is 46.5 Å². The van der Waals surface area contributed by atoms with Crippen LogP contribution in [0.25, 0.3) is 0 Å². The molecule has 4 heteroatoms. The van der Waals surface area contributed by atoms with E-state index in [1.807, 2.05) is 0 Å². The number of nitrogens with one attached hydrogen (secondary N) is 1. The van der Waals surface area contributed by atoms with E-state index in [4.69, 9.17) is 0 Å². The first-order chi connectivity index (χ1) is 7.73. The summed E-state index contributed by atoms with van der Waals surface area (Å²) in [5, 5.41) is 3.39. The highest BCUT2D eigenvalue weighted by molar-refractivity contribution is 4.99. The van der Waals surface area contributed by atoms with Crippen LogP contribution in [-0.2, 0) is 0 Å². The normalized spacial score (nSPS) is 28.8. The molecule has 0 amide bonds. The summed E-state index contributed by atoms with van der Waals surface area (Å²) in [6, 6.07) is 0. The molecule has 2 atom stereocenters. The maximum absolute atomic E-state index is 12.0. The van der Waals surface area contributed by atoms with Crippen LogP contribution < -0.4 is 5.32 Å². The van der Waals surface area contributed by atoms with Gasteiger partial charge in [0.05, 0.1) is 0 Å². The molecule has 0 aromatic carbocycles. The number of halogens is 3. The first kappa shape index (κ1) is 14.8. The summed E-state index contributed by atoms with van der Waals surface area (Å²) >= 11 is 0. The van der Waals surface area contributed by atoms with Gasteiger partial charge in [0.2, 0.25) is 0 Å². The molecule has 1 aliphatic carbocycles. The molecule has 0 heterocycles. The molecule has 17 heavy (non-hydrogen) atoms. The van der Waals surface area contributed by atoms with Crippen LogP contribution in [-0.4, -0.2) is 19.3 Å². The lowest BCUT2D eigenvalue weighted by atomic mass is 9.98. The van der Waals surface area contributed by atoms with E-state index in [9.17, 15) is 13.2 Å². The van der Waals surface area contributed by atoms with Gasteiger partial charge in [0.15, 0.2) is 0 Å². The van der Waals surface area contributed by atoms with E-state index < -0.39 is 12.6 Å². The Labute approximate surface area is 102 Å². The molecule has 2 unspecified atom stereocenters. The molecule has 0 aromatic rings. The Bertz CT molecular complexity index is 237. The third-order valence-electron chi connectivity index (χ3n) is 3.69. The minimum atomic E-state index is -3.99. The highest BCUT2D eigenvalue weighted by Crippen LogP contribution is 2.55. The predicted molar refractivity (Wildman–Crippen MR) is 63.8 cm³/mol. The van der Waals surface area contributed by atoms with Gasteiger partial charge >= 0.3 is 6.18 Å². The SMILES string of the molecule is CC(C)CNCC1CC1(C)CCCC(F)(F)F. The molecule has 1 nitrogen and oxygen atoms in total. The van der Waals surface area contributed by atoms with E-state index in [1.54, 1.807) is 0 Å². The Kier molecular flexibility index (Phi) is 4.87. The maximum Gasteiger partial charge on any atom is 0.389 e. The summed E-state index contributed by atoms with van der Waals surface area (Å²) in [5.41, 5.74) is 0.162. The van der Waals surface area contributed by atoms with Gasteiger partial charge in [-0.2, -0.15) is 13.2 Å². The topological polar surface area (TPSA) is 12.0 Å². The van der Waals surface area contributed by atoms with Gasteiger partial charge in [-0.15, -0.1) is 0 Å². The lowest BCUT2D eigenvalue weighted by Gasteiger charge is -2.13. The Hall–Kier alpha value is -0.250. The first-order valence-corrected chi connectivity index (χ1v) is 6.50. The quantitative estimate of drug-likeness (QED) is 0.721. The van der Waals surface area contributed by atoms with Gasteiger partial charge < -0.3 is 5.32 Å². The summed E-state index contributed by atoms with van der Waals surface area (Å²) in [7, 11) is 0. The zero-order valence-electron chi connectivity index (χ0n) is 11.0. The highest BCUT2D eigenvalue weighted by Gasteiger charge is 2.48. The zero-order chi connectivity index (χ0) is 13.1. The molecule has 1 N–H and O–H groups in total. The molecular formula is C13H24F3N. The predicted octanol–water partition coefficient (Wildman–Crippen LogP) is 3.99. The van der Waals surface area contributed by atoms with Gasteiger partial charge in [-0.25, -0.2) is 0 Å². The van der Waals surface area contributed by atoms with Gasteiger partial charge in [0.25, 0.3) is 0 Å². The van der Waals surface area contributed by atoms with Crippen molar-refractivity contribution < 1.29 is 13.2 Å². The fourth-order valence-electron chi connectivity index (χ4n) is 2.37. The number of hydrogen-bond donors (Lipinski definition) is 1. The molecule has 0 spiro atoms. The molecule has 0 saturated heterocycles. The monoisotopic (exact) mass is 251 g/mol. The molecule has 102 valence electrons. The third kappa shape index (κ3) is 5.75. The number of rotatable bonds is 7. The van der Waals surface area contributed by atoms with Crippen molar-refractivity contribution in [2.75, 3.05) is 13.1 Å². The van der Waals surface area contributed by atoms with Crippen LogP contribution in [0.15, 0.2) is 0 Å². The molecule has 0 aliphatic heterocycles. The Balaban J connectivity index is 2.10. The molecule has 1 fully saturated rings. The van der Waals surface area contributed by atoms with Gasteiger partial charge in [-0.05, 0) is 49.6 Å². The van der Waals surface area contributed by atoms with Crippen LogP contribution >= 0.6 is 0 Å². The van der Waals surface area contributed by atoms with Crippen molar-refractivity contribution >= 4 is 0 Å². The smallest absolute Gasteiger partial charge is 0.316 e. The average molecular weight is 251 g/mol. The van der Waals surface area contributed by atoms with Gasteiger partial charge in [-0.1, -0.05) is 20.8 Å². The summed E-state index contributed by atoms with van der Waals surface area (Å²) in [6.07, 6.45) is -2.55. The summed E-state index contributed by atoms with van der Waals surface area (Å²) in [6.45, 7) is 8.38. The van der Waals surface area contributed by atoms with Crippen molar-refractivity contribution in [2.45, 2.75) is 52.6 Å². The van der Waals surface area contributed by atoms with Crippen LogP contribution in [0, 0.1) is 17.3 Å². The Morgan fingerprint density at radius 2 is 2.00 bits per heavy atom. The second-order valence-electron chi connectivity index (χ2n) is 6.08. The standard InChI is InChI=1S/C13H24F3N/c1-10(2)8-17-9-11-7-12(11,3)5-4-6-13(14,15)16/h10-11,17H,4-9H2,1-3H3. The van der Waals surface area contributed by atoms with Crippen molar-refractivity contribution in [3.63, 3.8) is 0 Å². The molecule has 0 bridgehead atoms. The van der Waals surface area contributed by atoms with Crippen molar-refractivity contribution in [3.05, 3.63) is 0 Å². The average Bonchev–Trinajstić information content (AvgIpc) is 2.74. The van der Waals surface area contributed by atoms with E-state index in [2.05, 4.69) is 26.1 Å². The summed E-state index contributed by atoms with van der Waals surface area (Å²) in [4.78, 5) is 0. The van der Waals surface area contributed by atoms with Crippen LogP contribution in [0.4, 0.5) is 13.2 Å². The van der Waals surface area contributed by atoms with E-state index in [0.29, 0.717) is 18.3 Å². The molecule has 1 aliphatic rings. The molecule has 0 radical (unpaired) electrons. The van der Waals surface area contributed by atoms with Crippen molar-refractivity contribution in [3.8, 4) is 0 Å². The maximum atomic E-state index is 12.0. The lowest BCUT2D eigenvalue weighted by Crippen LogP contribution is -2.23. The summed E-state index contributed by atoms with van der Waals surface area (Å²) in [5.74, 6) is 1.21. The fraction of sp³-hybridized carbons (Fsp3) is 1.00. The second kappa shape index (κ2) is 5.59. The second-order valence-corrected chi connectivity index (χ2v) is 6.08. The van der Waals surface area contributed by atoms with Crippen LogP contribution in [0.2, 0.25) is 0 Å². The number of alkyl halides is 3. The van der Waals surface area contributed by atoms with Gasteiger partial charge in [0.1, 0.15) is 0 Å². The van der Waals surface area contributed by atoms with E-state index in [1.165, 1.54) is 0 Å². The zero-order valence-corrected chi connectivity index (χ0v) is 11.0. The molecule has 1 rings (SSSR count). The van der Waals surface area contributed by atoms with Crippen molar-refractivity contribution in [1.82, 2.24) is 5.32 Å². The van der Waals surface area contributed by atoms with Crippen molar-refractivity contribution in [1.29, 1.82) is 0 Å². The lowest BCUT2D eigenvalue weighted by molar-refractivity contribution is -0.136. The largest absolute Gasteiger partial charge is 0.389 e.